The molecule has 0 amide bonds. The summed E-state index contributed by atoms with van der Waals surface area (Å²) >= 11 is 0. The third-order valence-electron chi connectivity index (χ3n) is 8.53. The second-order valence-electron chi connectivity index (χ2n) is 11.4. The Morgan fingerprint density at radius 2 is 0.980 bits per heavy atom. The first-order valence-electron chi connectivity index (χ1n) is 14.7. The van der Waals surface area contributed by atoms with Gasteiger partial charge in [-0.05, 0) is 98.2 Å². The van der Waals surface area contributed by atoms with E-state index in [9.17, 15) is 35.5 Å². The molecule has 50 heavy (non-hydrogen) atoms. The number of hydrogen-bond acceptors (Lipinski definition) is 12. The van der Waals surface area contributed by atoms with Crippen LogP contribution in [0.4, 0.5) is 0 Å². The molecule has 0 aromatic carbocycles. The molecule has 0 saturated carbocycles. The van der Waals surface area contributed by atoms with Crippen LogP contribution in [-0.2, 0) is 39.3 Å². The fourth-order valence-corrected chi connectivity index (χ4v) is 7.72. The molecule has 5 heterocycles. The fourth-order valence-electron chi connectivity index (χ4n) is 5.99. The molecular formula is C32H32N4Na2O10S2. The zero-order chi connectivity index (χ0) is 35.3. The number of esters is 2. The van der Waals surface area contributed by atoms with E-state index in [0.29, 0.717) is 39.4 Å². The first kappa shape index (κ1) is 41.8. The standard InChI is InChI=1S/C32H34N4O10S2.2Na/c1-15-19(7-9-29(37)45-5)25-14-26-20(8-10-30(38)46-6)16(2)22(34-26)12-27-32(48(42,43)44)18(4)24(36-27)13-28-31(47(39,40)41)17(3)23(35-28)11-21(15)33-25;;/h11-14,35-36H,7-10H2,1-6H3,(H,39,40,41)(H,42,43,44);;/q;2*+1/p-2. The van der Waals surface area contributed by atoms with Crippen molar-refractivity contribution >= 4 is 76.5 Å². The van der Waals surface area contributed by atoms with E-state index >= 15 is 0 Å². The minimum Gasteiger partial charge on any atom is -0.744 e. The fraction of sp³-hybridized carbons (Fsp3) is 0.312. The van der Waals surface area contributed by atoms with Crippen molar-refractivity contribution in [1.82, 2.24) is 19.9 Å². The maximum Gasteiger partial charge on any atom is 1.00 e. The molecule has 5 rings (SSSR count). The summed E-state index contributed by atoms with van der Waals surface area (Å²) in [5.74, 6) is -0.901. The number of rotatable bonds is 8. The molecule has 0 unspecified atom stereocenters. The zero-order valence-corrected chi connectivity index (χ0v) is 34.6. The third kappa shape index (κ3) is 8.36. The molecule has 8 bridgehead atoms. The van der Waals surface area contributed by atoms with Gasteiger partial charge in [-0.2, -0.15) is 0 Å². The summed E-state index contributed by atoms with van der Waals surface area (Å²) in [6.45, 7) is 6.36. The van der Waals surface area contributed by atoms with Crippen LogP contribution in [0.1, 0.15) is 73.4 Å². The van der Waals surface area contributed by atoms with Gasteiger partial charge >= 0.3 is 71.1 Å². The van der Waals surface area contributed by atoms with Gasteiger partial charge < -0.3 is 28.5 Å². The van der Waals surface area contributed by atoms with E-state index in [-0.39, 0.29) is 124 Å². The van der Waals surface area contributed by atoms with Gasteiger partial charge in [0, 0.05) is 23.9 Å². The maximum atomic E-state index is 12.5. The van der Waals surface area contributed by atoms with Crippen molar-refractivity contribution in [2.24, 2.45) is 0 Å². The molecule has 0 spiro atoms. The summed E-state index contributed by atoms with van der Waals surface area (Å²) in [5.41, 5.74) is 4.32. The molecule has 2 N–H and O–H groups in total. The second kappa shape index (κ2) is 15.9. The quantitative estimate of drug-likeness (QED) is 0.153. The van der Waals surface area contributed by atoms with E-state index in [1.165, 1.54) is 40.2 Å². The van der Waals surface area contributed by atoms with E-state index in [2.05, 4.69) is 9.97 Å². The first-order valence-corrected chi connectivity index (χ1v) is 17.5. The topological polar surface area (TPSA) is 224 Å². The van der Waals surface area contributed by atoms with Crippen LogP contribution in [0.2, 0.25) is 0 Å². The number of allylic oxidation sites excluding steroid dienone is 4. The number of H-pyrrole nitrogens is 2. The Hall–Kier alpha value is -2.64. The number of fused-ring (bicyclic) bond motifs is 8. The summed E-state index contributed by atoms with van der Waals surface area (Å²) in [5, 5.41) is 0. The predicted octanol–water partition coefficient (Wildman–Crippen LogP) is -1.48. The van der Waals surface area contributed by atoms with Gasteiger partial charge in [0.05, 0.1) is 57.8 Å². The molecular weight excluding hydrogens is 710 g/mol. The second-order valence-corrected chi connectivity index (χ2v) is 14.1. The molecule has 0 fully saturated rings. The third-order valence-corrected chi connectivity index (χ3v) is 10.6. The number of methoxy groups -OCH3 is 2. The van der Waals surface area contributed by atoms with Crippen molar-refractivity contribution < 1.29 is 104 Å². The summed E-state index contributed by atoms with van der Waals surface area (Å²) in [4.78, 5) is 38.5. The van der Waals surface area contributed by atoms with E-state index in [4.69, 9.17) is 19.4 Å². The van der Waals surface area contributed by atoms with Crippen molar-refractivity contribution in [1.29, 1.82) is 0 Å². The molecule has 254 valence electrons. The van der Waals surface area contributed by atoms with Crippen molar-refractivity contribution in [3.8, 4) is 0 Å². The Labute approximate surface area is 333 Å². The van der Waals surface area contributed by atoms with Crippen molar-refractivity contribution in [2.75, 3.05) is 14.2 Å². The van der Waals surface area contributed by atoms with Gasteiger partial charge in [0.15, 0.2) is 0 Å². The zero-order valence-electron chi connectivity index (χ0n) is 28.9. The Morgan fingerprint density at radius 1 is 0.620 bits per heavy atom. The van der Waals surface area contributed by atoms with Crippen LogP contribution in [0.5, 0.6) is 0 Å². The first-order chi connectivity index (χ1) is 22.4. The maximum absolute atomic E-state index is 12.5. The summed E-state index contributed by atoms with van der Waals surface area (Å²) in [7, 11) is -7.56. The van der Waals surface area contributed by atoms with Gasteiger partial charge in [-0.3, -0.25) is 9.59 Å². The van der Waals surface area contributed by atoms with Crippen molar-refractivity contribution in [3.63, 3.8) is 0 Å². The van der Waals surface area contributed by atoms with E-state index in [0.717, 1.165) is 0 Å². The number of carbonyl (C=O) groups excluding carboxylic acids is 2. The predicted molar refractivity (Wildman–Crippen MR) is 174 cm³/mol. The molecule has 3 aromatic rings. The largest absolute Gasteiger partial charge is 1.00 e. The Kier molecular flexibility index (Phi) is 13.3. The average Bonchev–Trinajstić information content (AvgIpc) is 3.67. The van der Waals surface area contributed by atoms with Crippen LogP contribution < -0.4 is 59.1 Å². The van der Waals surface area contributed by atoms with Crippen LogP contribution in [0.25, 0.3) is 44.4 Å². The van der Waals surface area contributed by atoms with Gasteiger partial charge in [-0.1, -0.05) is 0 Å². The number of carbonyl (C=O) groups is 2. The van der Waals surface area contributed by atoms with Crippen molar-refractivity contribution in [2.45, 2.75) is 63.2 Å². The number of nitrogens with zero attached hydrogens (tertiary/aromatic N) is 2. The number of ether oxygens (including phenoxy) is 2. The molecule has 2 aliphatic rings. The molecule has 2 aliphatic heterocycles. The summed E-state index contributed by atoms with van der Waals surface area (Å²) in [6.07, 6.45) is 0.503. The van der Waals surface area contributed by atoms with E-state index in [1.54, 1.807) is 26.0 Å². The summed E-state index contributed by atoms with van der Waals surface area (Å²) < 4.78 is 84.7. The van der Waals surface area contributed by atoms with Gasteiger partial charge in [0.2, 0.25) is 0 Å². The number of nitrogens with one attached hydrogen (secondary N) is 2. The molecule has 3 aromatic heterocycles. The van der Waals surface area contributed by atoms with E-state index in [1.807, 2.05) is 0 Å². The minimum atomic E-state index is -5.07. The van der Waals surface area contributed by atoms with Gasteiger partial charge in [0.25, 0.3) is 0 Å². The van der Waals surface area contributed by atoms with Crippen LogP contribution >= 0.6 is 0 Å². The normalized spacial score (nSPS) is 13.1. The SMILES string of the molecule is COC(=O)CCC1=C(C)c2cc3[nH]c(cc4[nH]c(cc5nc(cc1n2)C(CCC(=O)OC)=C5C)c(S(=O)(=O)[O-])c4C)c(S(=O)(=O)[O-])c3C.[Na+].[Na+]. The molecule has 0 atom stereocenters. The van der Waals surface area contributed by atoms with Crippen LogP contribution in [0, 0.1) is 13.8 Å². The molecule has 14 nitrogen and oxygen atoms in total. The van der Waals surface area contributed by atoms with E-state index < -0.39 is 42.0 Å². The Balaban J connectivity index is 0.00000338. The number of hydrogen-bond donors (Lipinski definition) is 2. The number of aromatic nitrogens is 4. The smallest absolute Gasteiger partial charge is 0.744 e. The Morgan fingerprint density at radius 3 is 1.36 bits per heavy atom. The molecule has 0 radical (unpaired) electrons. The Bertz CT molecular complexity index is 2360. The van der Waals surface area contributed by atoms with Crippen LogP contribution in [0.3, 0.4) is 0 Å². The van der Waals surface area contributed by atoms with Gasteiger partial charge in [0.1, 0.15) is 20.2 Å². The monoisotopic (exact) mass is 742 g/mol. The van der Waals surface area contributed by atoms with Crippen molar-refractivity contribution in [3.05, 3.63) is 58.2 Å². The van der Waals surface area contributed by atoms with Crippen LogP contribution in [0.15, 0.2) is 34.1 Å². The average molecular weight is 743 g/mol. The minimum absolute atomic E-state index is 0. The summed E-state index contributed by atoms with van der Waals surface area (Å²) in [6, 6.07) is 5.90. The molecule has 18 heteroatoms. The van der Waals surface area contributed by atoms with Gasteiger partial charge in [-0.15, -0.1) is 0 Å². The molecule has 0 saturated heterocycles. The van der Waals surface area contributed by atoms with Crippen LogP contribution in [-0.4, -0.2) is 72.0 Å². The number of aryl methyl sites for hydroxylation is 2. The van der Waals surface area contributed by atoms with Gasteiger partial charge in [-0.25, -0.2) is 26.8 Å². The number of aromatic amines is 2. The molecule has 0 aliphatic carbocycles.